The molecule has 0 saturated heterocycles. The molecule has 28 heavy (non-hydrogen) atoms. The first-order chi connectivity index (χ1) is 13.6. The molecule has 0 bridgehead atoms. The number of rotatable bonds is 6. The number of halogens is 1. The van der Waals surface area contributed by atoms with E-state index in [1.165, 1.54) is 48.5 Å². The van der Waals surface area contributed by atoms with Crippen molar-refractivity contribution < 1.29 is 14.1 Å². The summed E-state index contributed by atoms with van der Waals surface area (Å²) < 4.78 is 19.0. The van der Waals surface area contributed by atoms with Crippen LogP contribution in [-0.4, -0.2) is 4.92 Å². The molecular formula is C22H15FN2O3. The monoisotopic (exact) mass is 374 g/mol. The van der Waals surface area contributed by atoms with Gasteiger partial charge in [-0.3, -0.25) is 10.1 Å². The number of nitro benzene ring substituents is 1. The van der Waals surface area contributed by atoms with Gasteiger partial charge in [-0.1, -0.05) is 42.5 Å². The molecule has 0 unspecified atom stereocenters. The highest BCUT2D eigenvalue weighted by Gasteiger charge is 2.12. The predicted octanol–water partition coefficient (Wildman–Crippen LogP) is 5.38. The van der Waals surface area contributed by atoms with E-state index in [0.717, 1.165) is 5.56 Å². The van der Waals surface area contributed by atoms with Gasteiger partial charge in [0.2, 0.25) is 0 Å². The second-order valence-corrected chi connectivity index (χ2v) is 5.93. The van der Waals surface area contributed by atoms with Crippen LogP contribution in [0.5, 0.6) is 5.75 Å². The third-order valence-electron chi connectivity index (χ3n) is 4.02. The largest absolute Gasteiger partial charge is 0.488 e. The van der Waals surface area contributed by atoms with Gasteiger partial charge in [-0.2, -0.15) is 5.26 Å². The molecule has 6 heteroatoms. The highest BCUT2D eigenvalue weighted by atomic mass is 19.1. The van der Waals surface area contributed by atoms with Gasteiger partial charge in [0.15, 0.2) is 0 Å². The topological polar surface area (TPSA) is 76.2 Å². The van der Waals surface area contributed by atoms with Gasteiger partial charge in [0.05, 0.1) is 16.6 Å². The molecule has 0 aliphatic rings. The fourth-order valence-electron chi connectivity index (χ4n) is 2.59. The van der Waals surface area contributed by atoms with Gasteiger partial charge in [-0.05, 0) is 35.4 Å². The van der Waals surface area contributed by atoms with Crippen LogP contribution in [0.2, 0.25) is 0 Å². The van der Waals surface area contributed by atoms with Crippen LogP contribution in [0.1, 0.15) is 16.7 Å². The zero-order chi connectivity index (χ0) is 19.9. The van der Waals surface area contributed by atoms with Gasteiger partial charge in [-0.15, -0.1) is 0 Å². The molecule has 0 N–H and O–H groups in total. The minimum absolute atomic E-state index is 0.116. The van der Waals surface area contributed by atoms with Crippen LogP contribution in [-0.2, 0) is 6.61 Å². The Morgan fingerprint density at radius 1 is 1.11 bits per heavy atom. The molecule has 0 heterocycles. The summed E-state index contributed by atoms with van der Waals surface area (Å²) in [6.45, 7) is 0.276. The first-order valence-corrected chi connectivity index (χ1v) is 8.40. The Labute approximate surface area is 161 Å². The minimum atomic E-state index is -0.512. The predicted molar refractivity (Wildman–Crippen MR) is 104 cm³/mol. The van der Waals surface area contributed by atoms with Crippen LogP contribution in [0.4, 0.5) is 10.1 Å². The maximum absolute atomic E-state index is 13.2. The number of nitro groups is 1. The lowest BCUT2D eigenvalue weighted by atomic mass is 10.0. The number of hydrogen-bond donors (Lipinski definition) is 0. The molecule has 0 aliphatic heterocycles. The molecule has 3 aromatic rings. The highest BCUT2D eigenvalue weighted by molar-refractivity contribution is 5.90. The van der Waals surface area contributed by atoms with E-state index >= 15 is 0 Å². The van der Waals surface area contributed by atoms with Crippen molar-refractivity contribution in [3.8, 4) is 11.8 Å². The Morgan fingerprint density at radius 3 is 2.46 bits per heavy atom. The van der Waals surface area contributed by atoms with Crippen LogP contribution < -0.4 is 4.74 Å². The Bertz CT molecular complexity index is 1060. The normalized spacial score (nSPS) is 10.9. The zero-order valence-electron chi connectivity index (χ0n) is 14.7. The van der Waals surface area contributed by atoms with Gasteiger partial charge in [-0.25, -0.2) is 4.39 Å². The van der Waals surface area contributed by atoms with Crippen LogP contribution >= 0.6 is 0 Å². The van der Waals surface area contributed by atoms with Gasteiger partial charge >= 0.3 is 0 Å². The van der Waals surface area contributed by atoms with Crippen molar-refractivity contribution in [2.24, 2.45) is 0 Å². The van der Waals surface area contributed by atoms with E-state index in [2.05, 4.69) is 0 Å². The van der Waals surface area contributed by atoms with E-state index in [1.54, 1.807) is 0 Å². The van der Waals surface area contributed by atoms with E-state index in [0.29, 0.717) is 16.9 Å². The average Bonchev–Trinajstić information content (AvgIpc) is 2.72. The van der Waals surface area contributed by atoms with E-state index in [-0.39, 0.29) is 17.9 Å². The summed E-state index contributed by atoms with van der Waals surface area (Å²) in [5.74, 6) is -0.00686. The van der Waals surface area contributed by atoms with Crippen molar-refractivity contribution in [1.82, 2.24) is 0 Å². The molecule has 0 spiro atoms. The van der Waals surface area contributed by atoms with Gasteiger partial charge in [0, 0.05) is 17.7 Å². The summed E-state index contributed by atoms with van der Waals surface area (Å²) in [6.07, 6.45) is 1.50. The molecule has 3 aromatic carbocycles. The average molecular weight is 374 g/mol. The number of nitriles is 1. The lowest BCUT2D eigenvalue weighted by Gasteiger charge is -2.10. The van der Waals surface area contributed by atoms with E-state index in [4.69, 9.17) is 4.74 Å². The quantitative estimate of drug-likeness (QED) is 0.251. The molecule has 138 valence electrons. The lowest BCUT2D eigenvalue weighted by Crippen LogP contribution is -1.98. The number of non-ortho nitro benzene ring substituents is 1. The van der Waals surface area contributed by atoms with Gasteiger partial charge < -0.3 is 4.74 Å². The molecule has 0 aliphatic carbocycles. The summed E-state index contributed by atoms with van der Waals surface area (Å²) >= 11 is 0. The van der Waals surface area contributed by atoms with Crippen molar-refractivity contribution >= 4 is 17.3 Å². The van der Waals surface area contributed by atoms with Crippen molar-refractivity contribution in [2.45, 2.75) is 6.61 Å². The van der Waals surface area contributed by atoms with Crippen LogP contribution in [0.3, 0.4) is 0 Å². The SMILES string of the molecule is N#C/C(=C\c1cc([N+](=O)[O-])ccc1OCc1ccccc1)c1ccc(F)cc1. The molecule has 0 amide bonds. The first kappa shape index (κ1) is 18.8. The molecule has 0 atom stereocenters. The second kappa shape index (κ2) is 8.60. The molecule has 0 aromatic heterocycles. The van der Waals surface area contributed by atoms with Crippen molar-refractivity contribution in [3.63, 3.8) is 0 Å². The molecular weight excluding hydrogens is 359 g/mol. The first-order valence-electron chi connectivity index (χ1n) is 8.40. The summed E-state index contributed by atoms with van der Waals surface area (Å²) in [5, 5.41) is 20.6. The maximum Gasteiger partial charge on any atom is 0.270 e. The van der Waals surface area contributed by atoms with Crippen LogP contribution in [0.25, 0.3) is 11.6 Å². The number of ether oxygens (including phenoxy) is 1. The van der Waals surface area contributed by atoms with Gasteiger partial charge in [0.25, 0.3) is 5.69 Å². The summed E-state index contributed by atoms with van der Waals surface area (Å²) in [7, 11) is 0. The third-order valence-corrected chi connectivity index (χ3v) is 4.02. The molecule has 0 saturated carbocycles. The number of nitrogens with zero attached hydrogens (tertiary/aromatic N) is 2. The molecule has 5 nitrogen and oxygen atoms in total. The number of benzene rings is 3. The Balaban J connectivity index is 1.98. The third kappa shape index (κ3) is 4.59. The van der Waals surface area contributed by atoms with Crippen molar-refractivity contribution in [3.05, 3.63) is 105 Å². The Morgan fingerprint density at radius 2 is 1.82 bits per heavy atom. The zero-order valence-corrected chi connectivity index (χ0v) is 14.7. The van der Waals surface area contributed by atoms with Crippen molar-refractivity contribution in [2.75, 3.05) is 0 Å². The Hall–Kier alpha value is -3.98. The minimum Gasteiger partial charge on any atom is -0.488 e. The second-order valence-electron chi connectivity index (χ2n) is 5.93. The summed E-state index contributed by atoms with van der Waals surface area (Å²) in [5.41, 5.74) is 1.96. The standard InChI is InChI=1S/C22H15FN2O3/c23-20-8-6-17(7-9-20)19(14-24)12-18-13-21(25(26)27)10-11-22(18)28-15-16-4-2-1-3-5-16/h1-13H,15H2/b19-12+. The van der Waals surface area contributed by atoms with E-state index in [1.807, 2.05) is 36.4 Å². The molecule has 3 rings (SSSR count). The summed E-state index contributed by atoms with van der Waals surface area (Å²) in [6, 6.07) is 21.2. The van der Waals surface area contributed by atoms with Gasteiger partial charge in [0.1, 0.15) is 18.2 Å². The summed E-state index contributed by atoms with van der Waals surface area (Å²) in [4.78, 5) is 10.6. The van der Waals surface area contributed by atoms with Crippen LogP contribution in [0, 0.1) is 27.3 Å². The smallest absolute Gasteiger partial charge is 0.270 e. The molecule has 0 fully saturated rings. The van der Waals surface area contributed by atoms with E-state index in [9.17, 15) is 19.8 Å². The lowest BCUT2D eigenvalue weighted by molar-refractivity contribution is -0.384. The van der Waals surface area contributed by atoms with Crippen LogP contribution in [0.15, 0.2) is 72.8 Å². The van der Waals surface area contributed by atoms with Crippen molar-refractivity contribution in [1.29, 1.82) is 5.26 Å². The number of hydrogen-bond acceptors (Lipinski definition) is 4. The Kier molecular flexibility index (Phi) is 5.78. The highest BCUT2D eigenvalue weighted by Crippen LogP contribution is 2.29. The number of allylic oxidation sites excluding steroid dienone is 1. The fraction of sp³-hybridized carbons (Fsp3) is 0.0455. The van der Waals surface area contributed by atoms with E-state index < -0.39 is 10.7 Å². The fourth-order valence-corrected chi connectivity index (χ4v) is 2.59. The molecule has 0 radical (unpaired) electrons. The maximum atomic E-state index is 13.2.